The molecule has 0 radical (unpaired) electrons. The quantitative estimate of drug-likeness (QED) is 0.852. The molecule has 3 aliphatic rings. The van der Waals surface area contributed by atoms with Crippen LogP contribution in [0.3, 0.4) is 0 Å². The first-order valence-corrected chi connectivity index (χ1v) is 11.1. The normalized spacial score (nSPS) is 30.1. The smallest absolute Gasteiger partial charge is 0.0944 e. The number of hydrogen-bond donors (Lipinski definition) is 1. The molecule has 2 saturated heterocycles. The minimum absolute atomic E-state index is 0.336. The maximum absolute atomic E-state index is 11.7. The van der Waals surface area contributed by atoms with Crippen molar-refractivity contribution < 1.29 is 5.11 Å². The first-order valence-electron chi connectivity index (χ1n) is 11.1. The van der Waals surface area contributed by atoms with Crippen LogP contribution in [0, 0.1) is 11.8 Å². The molecule has 2 aliphatic heterocycles. The minimum Gasteiger partial charge on any atom is -0.385 e. The van der Waals surface area contributed by atoms with Crippen molar-refractivity contribution in [2.24, 2.45) is 11.8 Å². The van der Waals surface area contributed by atoms with E-state index in [-0.39, 0.29) is 0 Å². The number of rotatable bonds is 5. The van der Waals surface area contributed by atoms with Gasteiger partial charge in [-0.1, -0.05) is 42.5 Å². The molecule has 0 aromatic heterocycles. The van der Waals surface area contributed by atoms with E-state index in [2.05, 4.69) is 64.4 Å². The zero-order chi connectivity index (χ0) is 19.0. The summed E-state index contributed by atoms with van der Waals surface area (Å²) >= 11 is 0. The Labute approximate surface area is 169 Å². The number of aliphatic hydroxyl groups is 1. The molecular weight excluding hydrogens is 344 g/mol. The van der Waals surface area contributed by atoms with Gasteiger partial charge in [0, 0.05) is 31.2 Å². The Hall–Kier alpha value is -1.84. The molecule has 2 heterocycles. The van der Waals surface area contributed by atoms with Gasteiger partial charge in [0.25, 0.3) is 0 Å². The average Bonchev–Trinajstić information content (AvgIpc) is 3.47. The van der Waals surface area contributed by atoms with Gasteiger partial charge in [-0.3, -0.25) is 0 Å². The third kappa shape index (κ3) is 3.35. The monoisotopic (exact) mass is 376 g/mol. The molecular formula is C25H32N2O. The summed E-state index contributed by atoms with van der Waals surface area (Å²) in [7, 11) is 0. The first-order chi connectivity index (χ1) is 13.7. The van der Waals surface area contributed by atoms with Crippen LogP contribution < -0.4 is 4.90 Å². The fourth-order valence-corrected chi connectivity index (χ4v) is 5.76. The molecule has 2 aromatic rings. The Bertz CT molecular complexity index is 784. The number of hydrogen-bond acceptors (Lipinski definition) is 3. The highest BCUT2D eigenvalue weighted by molar-refractivity contribution is 5.48. The van der Waals surface area contributed by atoms with E-state index in [4.69, 9.17) is 0 Å². The highest BCUT2D eigenvalue weighted by Crippen LogP contribution is 2.51. The summed E-state index contributed by atoms with van der Waals surface area (Å²) in [6.07, 6.45) is 5.86. The molecule has 28 heavy (non-hydrogen) atoms. The van der Waals surface area contributed by atoms with Crippen LogP contribution in [0.5, 0.6) is 0 Å². The number of likely N-dealkylation sites (tertiary alicyclic amines) is 1. The van der Waals surface area contributed by atoms with Crippen molar-refractivity contribution in [1.29, 1.82) is 0 Å². The van der Waals surface area contributed by atoms with Gasteiger partial charge >= 0.3 is 0 Å². The van der Waals surface area contributed by atoms with E-state index in [1.54, 1.807) is 0 Å². The van der Waals surface area contributed by atoms with Gasteiger partial charge in [0.05, 0.1) is 5.60 Å². The van der Waals surface area contributed by atoms with E-state index < -0.39 is 5.60 Å². The van der Waals surface area contributed by atoms with Crippen LogP contribution in [0.15, 0.2) is 54.6 Å². The Morgan fingerprint density at radius 2 is 1.68 bits per heavy atom. The highest BCUT2D eigenvalue weighted by atomic mass is 16.3. The number of fused-ring (bicyclic) bond motifs is 1. The van der Waals surface area contributed by atoms with E-state index in [1.807, 2.05) is 0 Å². The highest BCUT2D eigenvalue weighted by Gasteiger charge is 2.52. The van der Waals surface area contributed by atoms with E-state index in [0.29, 0.717) is 11.8 Å². The second kappa shape index (κ2) is 7.53. The SMILES string of the molecule is OC1(c2ccc(CCN3CCCC3)cc2)CCC2CN(c3ccccc3)CC21. The Morgan fingerprint density at radius 1 is 0.929 bits per heavy atom. The molecule has 0 amide bonds. The predicted octanol–water partition coefficient (Wildman–Crippen LogP) is 4.06. The summed E-state index contributed by atoms with van der Waals surface area (Å²) in [4.78, 5) is 5.03. The van der Waals surface area contributed by atoms with Gasteiger partial charge in [0.1, 0.15) is 0 Å². The first kappa shape index (κ1) is 18.2. The van der Waals surface area contributed by atoms with Crippen molar-refractivity contribution in [1.82, 2.24) is 4.90 Å². The largest absolute Gasteiger partial charge is 0.385 e. The molecule has 3 unspecified atom stereocenters. The molecule has 1 aliphatic carbocycles. The molecule has 0 bridgehead atoms. The summed E-state index contributed by atoms with van der Waals surface area (Å²) in [5.74, 6) is 0.934. The lowest BCUT2D eigenvalue weighted by molar-refractivity contribution is -0.00116. The third-order valence-corrected chi connectivity index (χ3v) is 7.44. The molecule has 5 rings (SSSR count). The Balaban J connectivity index is 1.27. The molecule has 1 N–H and O–H groups in total. The van der Waals surface area contributed by atoms with Crippen molar-refractivity contribution in [3.8, 4) is 0 Å². The molecule has 3 nitrogen and oxygen atoms in total. The summed E-state index contributed by atoms with van der Waals surface area (Å²) in [5, 5.41) is 11.7. The van der Waals surface area contributed by atoms with Crippen molar-refractivity contribution >= 4 is 5.69 Å². The lowest BCUT2D eigenvalue weighted by Crippen LogP contribution is -2.34. The van der Waals surface area contributed by atoms with Gasteiger partial charge in [0.2, 0.25) is 0 Å². The fourth-order valence-electron chi connectivity index (χ4n) is 5.76. The topological polar surface area (TPSA) is 26.7 Å². The van der Waals surface area contributed by atoms with Crippen LogP contribution >= 0.6 is 0 Å². The molecule has 3 atom stereocenters. The van der Waals surface area contributed by atoms with Crippen molar-refractivity contribution in [2.75, 3.05) is 37.6 Å². The second-order valence-electron chi connectivity index (χ2n) is 9.07. The van der Waals surface area contributed by atoms with Crippen LogP contribution in [0.2, 0.25) is 0 Å². The molecule has 1 saturated carbocycles. The third-order valence-electron chi connectivity index (χ3n) is 7.44. The lowest BCUT2D eigenvalue weighted by atomic mass is 9.82. The standard InChI is InChI=1S/C25H32N2O/c28-25(22-10-8-20(9-11-22)13-17-26-15-4-5-16-26)14-12-21-18-27(19-24(21)25)23-6-2-1-3-7-23/h1-3,6-11,21,24,28H,4-5,12-19H2. The van der Waals surface area contributed by atoms with Crippen LogP contribution in [0.1, 0.15) is 36.8 Å². The predicted molar refractivity (Wildman–Crippen MR) is 115 cm³/mol. The summed E-state index contributed by atoms with van der Waals surface area (Å²) in [6, 6.07) is 19.6. The molecule has 3 fully saturated rings. The molecule has 2 aromatic carbocycles. The Kier molecular flexibility index (Phi) is 4.90. The van der Waals surface area contributed by atoms with Gasteiger partial charge in [-0.2, -0.15) is 0 Å². The van der Waals surface area contributed by atoms with E-state index >= 15 is 0 Å². The zero-order valence-electron chi connectivity index (χ0n) is 16.8. The minimum atomic E-state index is -0.665. The summed E-state index contributed by atoms with van der Waals surface area (Å²) in [6.45, 7) is 5.73. The maximum atomic E-state index is 11.7. The van der Waals surface area contributed by atoms with Crippen LogP contribution in [-0.4, -0.2) is 42.7 Å². The van der Waals surface area contributed by atoms with Gasteiger partial charge in [-0.15, -0.1) is 0 Å². The number of benzene rings is 2. The lowest BCUT2D eigenvalue weighted by Gasteiger charge is -2.31. The van der Waals surface area contributed by atoms with Crippen LogP contribution in [0.4, 0.5) is 5.69 Å². The number of anilines is 1. The van der Waals surface area contributed by atoms with Gasteiger partial charge < -0.3 is 14.9 Å². The molecule has 3 heteroatoms. The van der Waals surface area contributed by atoms with Crippen molar-refractivity contribution in [2.45, 2.75) is 37.7 Å². The van der Waals surface area contributed by atoms with Crippen LogP contribution in [0.25, 0.3) is 0 Å². The maximum Gasteiger partial charge on any atom is 0.0944 e. The summed E-state index contributed by atoms with van der Waals surface area (Å²) < 4.78 is 0. The zero-order valence-corrected chi connectivity index (χ0v) is 16.8. The van der Waals surface area contributed by atoms with Gasteiger partial charge in [0.15, 0.2) is 0 Å². The second-order valence-corrected chi connectivity index (χ2v) is 9.07. The van der Waals surface area contributed by atoms with Crippen LogP contribution in [-0.2, 0) is 12.0 Å². The van der Waals surface area contributed by atoms with Crippen molar-refractivity contribution in [3.05, 3.63) is 65.7 Å². The van der Waals surface area contributed by atoms with Gasteiger partial charge in [-0.05, 0) is 74.4 Å². The fraction of sp³-hybridized carbons (Fsp3) is 0.520. The Morgan fingerprint density at radius 3 is 2.43 bits per heavy atom. The van der Waals surface area contributed by atoms with Gasteiger partial charge in [-0.25, -0.2) is 0 Å². The number of para-hydroxylation sites is 1. The number of nitrogens with zero attached hydrogens (tertiary/aromatic N) is 2. The van der Waals surface area contributed by atoms with E-state index in [0.717, 1.165) is 37.9 Å². The summed E-state index contributed by atoms with van der Waals surface area (Å²) in [5.41, 5.74) is 3.14. The van der Waals surface area contributed by atoms with E-state index in [1.165, 1.54) is 43.7 Å². The van der Waals surface area contributed by atoms with Crippen molar-refractivity contribution in [3.63, 3.8) is 0 Å². The van der Waals surface area contributed by atoms with E-state index in [9.17, 15) is 5.11 Å². The molecule has 0 spiro atoms. The average molecular weight is 377 g/mol. The molecule has 148 valence electrons.